The van der Waals surface area contributed by atoms with Gasteiger partial charge in [0.1, 0.15) is 0 Å². The van der Waals surface area contributed by atoms with Gasteiger partial charge in [0.05, 0.1) is 18.0 Å². The van der Waals surface area contributed by atoms with Crippen molar-refractivity contribution in [1.82, 2.24) is 5.32 Å². The Morgan fingerprint density at radius 1 is 1.26 bits per heavy atom. The van der Waals surface area contributed by atoms with Crippen LogP contribution in [0.4, 0.5) is 16.2 Å². The third-order valence-corrected chi connectivity index (χ3v) is 6.24. The molecule has 1 aliphatic rings. The second-order valence-corrected chi connectivity index (χ2v) is 8.22. The molecule has 2 N–H and O–H groups in total. The van der Waals surface area contributed by atoms with Gasteiger partial charge in [-0.05, 0) is 36.1 Å². The summed E-state index contributed by atoms with van der Waals surface area (Å²) in [7, 11) is -3.22. The van der Waals surface area contributed by atoms with Gasteiger partial charge in [0.2, 0.25) is 10.0 Å². The quantitative estimate of drug-likeness (QED) is 0.889. The zero-order chi connectivity index (χ0) is 16.3. The lowest BCUT2D eigenvalue weighted by Gasteiger charge is -2.17. The molecule has 2 amide bonds. The van der Waals surface area contributed by atoms with Crippen LogP contribution >= 0.6 is 11.3 Å². The Kier molecular flexibility index (Phi) is 4.53. The summed E-state index contributed by atoms with van der Waals surface area (Å²) in [5, 5.41) is 7.45. The van der Waals surface area contributed by atoms with E-state index in [-0.39, 0.29) is 11.8 Å². The van der Waals surface area contributed by atoms with E-state index in [2.05, 4.69) is 10.6 Å². The van der Waals surface area contributed by atoms with Gasteiger partial charge in [0.15, 0.2) is 0 Å². The zero-order valence-corrected chi connectivity index (χ0v) is 14.0. The molecule has 0 atom stereocenters. The Morgan fingerprint density at radius 3 is 2.83 bits per heavy atom. The molecule has 1 aromatic carbocycles. The number of nitrogens with zero attached hydrogens (tertiary/aromatic N) is 1. The minimum atomic E-state index is -3.22. The second kappa shape index (κ2) is 6.59. The van der Waals surface area contributed by atoms with Gasteiger partial charge in [-0.2, -0.15) is 0 Å². The molecular weight excluding hydrogens is 334 g/mol. The maximum atomic E-state index is 12.0. The molecule has 1 aromatic heterocycles. The molecule has 3 rings (SSSR count). The van der Waals surface area contributed by atoms with Crippen LogP contribution in [0, 0.1) is 0 Å². The zero-order valence-electron chi connectivity index (χ0n) is 12.4. The Balaban J connectivity index is 1.64. The van der Waals surface area contributed by atoms with E-state index in [1.54, 1.807) is 35.6 Å². The fraction of sp³-hybridized carbons (Fsp3) is 0.267. The highest BCUT2D eigenvalue weighted by Crippen LogP contribution is 2.26. The molecule has 2 aromatic rings. The molecule has 0 bridgehead atoms. The van der Waals surface area contributed by atoms with Crippen LogP contribution in [0.2, 0.25) is 0 Å². The van der Waals surface area contributed by atoms with E-state index in [0.29, 0.717) is 30.9 Å². The summed E-state index contributed by atoms with van der Waals surface area (Å²) in [6.45, 7) is 0.944. The topological polar surface area (TPSA) is 78.5 Å². The number of hydrogen-bond acceptors (Lipinski definition) is 4. The first-order valence-electron chi connectivity index (χ1n) is 7.22. The highest BCUT2D eigenvalue weighted by atomic mass is 32.2. The molecule has 23 heavy (non-hydrogen) atoms. The summed E-state index contributed by atoms with van der Waals surface area (Å²) in [5.41, 5.74) is 1.15. The van der Waals surface area contributed by atoms with Crippen LogP contribution in [0.5, 0.6) is 0 Å². The molecule has 0 saturated carbocycles. The monoisotopic (exact) mass is 351 g/mol. The van der Waals surface area contributed by atoms with Crippen LogP contribution in [0.3, 0.4) is 0 Å². The van der Waals surface area contributed by atoms with Gasteiger partial charge < -0.3 is 10.6 Å². The predicted octanol–water partition coefficient (Wildman–Crippen LogP) is 2.61. The predicted molar refractivity (Wildman–Crippen MR) is 92.4 cm³/mol. The van der Waals surface area contributed by atoms with Crippen molar-refractivity contribution in [3.8, 4) is 0 Å². The Labute approximate surface area is 139 Å². The first-order valence-corrected chi connectivity index (χ1v) is 9.71. The summed E-state index contributed by atoms with van der Waals surface area (Å²) in [4.78, 5) is 13.0. The third kappa shape index (κ3) is 3.83. The van der Waals surface area contributed by atoms with Crippen LogP contribution in [-0.2, 0) is 16.6 Å². The van der Waals surface area contributed by atoms with Crippen molar-refractivity contribution in [3.63, 3.8) is 0 Å². The van der Waals surface area contributed by atoms with Gasteiger partial charge in [-0.15, -0.1) is 11.3 Å². The number of carbonyl (C=O) groups is 1. The number of carbonyl (C=O) groups excluding carboxylic acids is 1. The number of benzene rings is 1. The van der Waals surface area contributed by atoms with Crippen LogP contribution < -0.4 is 14.9 Å². The normalized spacial score (nSPS) is 16.3. The molecule has 2 heterocycles. The van der Waals surface area contributed by atoms with Gasteiger partial charge in [-0.3, -0.25) is 4.31 Å². The van der Waals surface area contributed by atoms with Gasteiger partial charge >= 0.3 is 6.03 Å². The van der Waals surface area contributed by atoms with Crippen LogP contribution in [0.1, 0.15) is 11.3 Å². The third-order valence-electron chi connectivity index (χ3n) is 3.49. The van der Waals surface area contributed by atoms with Crippen molar-refractivity contribution < 1.29 is 13.2 Å². The fourth-order valence-electron chi connectivity index (χ4n) is 2.42. The summed E-state index contributed by atoms with van der Waals surface area (Å²) < 4.78 is 25.3. The Bertz CT molecular complexity index is 788. The lowest BCUT2D eigenvalue weighted by Crippen LogP contribution is -2.28. The Morgan fingerprint density at radius 2 is 2.13 bits per heavy atom. The van der Waals surface area contributed by atoms with Crippen molar-refractivity contribution in [2.75, 3.05) is 21.9 Å². The molecule has 1 saturated heterocycles. The van der Waals surface area contributed by atoms with E-state index in [4.69, 9.17) is 0 Å². The largest absolute Gasteiger partial charge is 0.333 e. The SMILES string of the molecule is O=C(NCc1cccs1)Nc1cccc(N2CCCS2(=O)=O)c1. The average Bonchev–Trinajstić information content (AvgIpc) is 3.14. The van der Waals surface area contributed by atoms with E-state index < -0.39 is 10.0 Å². The highest BCUT2D eigenvalue weighted by Gasteiger charge is 2.28. The number of hydrogen-bond donors (Lipinski definition) is 2. The molecule has 1 fully saturated rings. The van der Waals surface area contributed by atoms with Crippen molar-refractivity contribution in [1.29, 1.82) is 0 Å². The standard InChI is InChI=1S/C15H17N3O3S2/c19-15(16-11-14-6-2-8-22-14)17-12-4-1-5-13(10-12)18-7-3-9-23(18,20)21/h1-2,4-6,8,10H,3,7,9,11H2,(H2,16,17,19). The van der Waals surface area contributed by atoms with E-state index in [1.165, 1.54) is 4.31 Å². The van der Waals surface area contributed by atoms with Gasteiger partial charge in [0.25, 0.3) is 0 Å². The van der Waals surface area contributed by atoms with Crippen molar-refractivity contribution in [2.45, 2.75) is 13.0 Å². The van der Waals surface area contributed by atoms with Crippen LogP contribution in [0.15, 0.2) is 41.8 Å². The molecule has 122 valence electrons. The van der Waals surface area contributed by atoms with E-state index in [9.17, 15) is 13.2 Å². The summed E-state index contributed by atoms with van der Waals surface area (Å²) in [6.07, 6.45) is 0.626. The molecule has 0 radical (unpaired) electrons. The minimum absolute atomic E-state index is 0.173. The second-order valence-electron chi connectivity index (χ2n) is 5.18. The molecule has 0 unspecified atom stereocenters. The fourth-order valence-corrected chi connectivity index (χ4v) is 4.63. The van der Waals surface area contributed by atoms with Crippen molar-refractivity contribution in [3.05, 3.63) is 46.7 Å². The molecule has 6 nitrogen and oxygen atoms in total. The number of amides is 2. The smallest absolute Gasteiger partial charge is 0.319 e. The number of rotatable bonds is 4. The van der Waals surface area contributed by atoms with E-state index >= 15 is 0 Å². The molecule has 8 heteroatoms. The Hall–Kier alpha value is -2.06. The lowest BCUT2D eigenvalue weighted by atomic mass is 10.2. The number of urea groups is 1. The summed E-state index contributed by atoms with van der Waals surface area (Å²) >= 11 is 1.57. The van der Waals surface area contributed by atoms with E-state index in [1.807, 2.05) is 17.5 Å². The van der Waals surface area contributed by atoms with Crippen molar-refractivity contribution in [2.24, 2.45) is 0 Å². The molecule has 0 spiro atoms. The highest BCUT2D eigenvalue weighted by molar-refractivity contribution is 7.93. The van der Waals surface area contributed by atoms with Crippen LogP contribution in [0.25, 0.3) is 0 Å². The number of thiophene rings is 1. The van der Waals surface area contributed by atoms with Gasteiger partial charge in [-0.25, -0.2) is 13.2 Å². The average molecular weight is 351 g/mol. The van der Waals surface area contributed by atoms with Crippen molar-refractivity contribution >= 4 is 38.8 Å². The molecular formula is C15H17N3O3S2. The maximum Gasteiger partial charge on any atom is 0.319 e. The first kappa shape index (κ1) is 15.8. The van der Waals surface area contributed by atoms with E-state index in [0.717, 1.165) is 4.88 Å². The number of sulfonamides is 1. The number of nitrogens with one attached hydrogen (secondary N) is 2. The maximum absolute atomic E-state index is 12.0. The minimum Gasteiger partial charge on any atom is -0.333 e. The number of anilines is 2. The van der Waals surface area contributed by atoms with Gasteiger partial charge in [-0.1, -0.05) is 12.1 Å². The summed E-state index contributed by atoms with van der Waals surface area (Å²) in [5.74, 6) is 0.173. The lowest BCUT2D eigenvalue weighted by molar-refractivity contribution is 0.252. The van der Waals surface area contributed by atoms with Gasteiger partial charge in [0, 0.05) is 17.1 Å². The molecule has 0 aliphatic carbocycles. The molecule has 1 aliphatic heterocycles. The van der Waals surface area contributed by atoms with Crippen LogP contribution in [-0.4, -0.2) is 26.7 Å². The summed E-state index contributed by atoms with van der Waals surface area (Å²) in [6, 6.07) is 10.4. The first-order chi connectivity index (χ1) is 11.0.